The third-order valence-electron chi connectivity index (χ3n) is 2.07. The number of hydrogen-bond acceptors (Lipinski definition) is 2. The number of halogens is 1. The molecule has 1 aromatic carbocycles. The normalized spacial score (nSPS) is 14.4. The molecule has 1 rings (SSSR count). The Bertz CT molecular complexity index is 406. The zero-order valence-corrected chi connectivity index (χ0v) is 11.3. The molecule has 2 unspecified atom stereocenters. The fourth-order valence-corrected chi connectivity index (χ4v) is 3.04. The SMILES string of the molecule is CC(CS(=O)Cc1cccc(Br)c1)C(=O)O. The van der Waals surface area contributed by atoms with E-state index in [1.165, 1.54) is 0 Å². The topological polar surface area (TPSA) is 54.4 Å². The molecule has 0 bridgehead atoms. The Balaban J connectivity index is 2.55. The van der Waals surface area contributed by atoms with Gasteiger partial charge in [-0.15, -0.1) is 0 Å². The summed E-state index contributed by atoms with van der Waals surface area (Å²) < 4.78 is 12.6. The van der Waals surface area contributed by atoms with Crippen molar-refractivity contribution < 1.29 is 14.1 Å². The van der Waals surface area contributed by atoms with E-state index in [1.807, 2.05) is 24.3 Å². The first kappa shape index (κ1) is 13.4. The molecule has 0 heterocycles. The highest BCUT2D eigenvalue weighted by Crippen LogP contribution is 2.13. The maximum absolute atomic E-state index is 11.7. The summed E-state index contributed by atoms with van der Waals surface area (Å²) in [6.45, 7) is 1.57. The molecule has 1 N–H and O–H groups in total. The van der Waals surface area contributed by atoms with Crippen LogP contribution in [-0.2, 0) is 21.3 Å². The summed E-state index contributed by atoms with van der Waals surface area (Å²) in [6, 6.07) is 7.54. The summed E-state index contributed by atoms with van der Waals surface area (Å²) in [4.78, 5) is 10.6. The first-order valence-corrected chi connectivity index (χ1v) is 7.09. The monoisotopic (exact) mass is 304 g/mol. The van der Waals surface area contributed by atoms with Crippen LogP contribution in [0.4, 0.5) is 0 Å². The van der Waals surface area contributed by atoms with Crippen molar-refractivity contribution in [2.24, 2.45) is 5.92 Å². The Morgan fingerprint density at radius 2 is 2.25 bits per heavy atom. The van der Waals surface area contributed by atoms with Crippen molar-refractivity contribution in [3.05, 3.63) is 34.3 Å². The van der Waals surface area contributed by atoms with Gasteiger partial charge in [0.05, 0.1) is 5.92 Å². The van der Waals surface area contributed by atoms with Gasteiger partial charge in [-0.3, -0.25) is 9.00 Å². The molecule has 1 aromatic rings. The molecule has 16 heavy (non-hydrogen) atoms. The molecule has 0 aliphatic rings. The molecular formula is C11H13BrO3S. The number of carboxylic acids is 1. The summed E-state index contributed by atoms with van der Waals surface area (Å²) in [5.74, 6) is -0.866. The molecule has 0 saturated carbocycles. The van der Waals surface area contributed by atoms with E-state index in [-0.39, 0.29) is 5.75 Å². The predicted octanol–water partition coefficient (Wildman–Crippen LogP) is 2.42. The molecule has 0 saturated heterocycles. The van der Waals surface area contributed by atoms with Gasteiger partial charge in [-0.1, -0.05) is 35.0 Å². The fraction of sp³-hybridized carbons (Fsp3) is 0.364. The van der Waals surface area contributed by atoms with E-state index >= 15 is 0 Å². The van der Waals surface area contributed by atoms with Crippen molar-refractivity contribution >= 4 is 32.7 Å². The number of carboxylic acid groups (broad SMARTS) is 1. The molecule has 0 fully saturated rings. The molecule has 0 spiro atoms. The molecule has 0 aromatic heterocycles. The van der Waals surface area contributed by atoms with E-state index in [2.05, 4.69) is 15.9 Å². The third kappa shape index (κ3) is 4.45. The summed E-state index contributed by atoms with van der Waals surface area (Å²) in [6.07, 6.45) is 0. The van der Waals surface area contributed by atoms with Crippen molar-refractivity contribution in [2.45, 2.75) is 12.7 Å². The molecular weight excluding hydrogens is 292 g/mol. The molecule has 0 radical (unpaired) electrons. The van der Waals surface area contributed by atoms with Gasteiger partial charge in [-0.05, 0) is 17.7 Å². The molecule has 0 aliphatic heterocycles. The summed E-state index contributed by atoms with van der Waals surface area (Å²) in [7, 11) is -1.13. The molecule has 0 amide bonds. The van der Waals surface area contributed by atoms with E-state index in [4.69, 9.17) is 5.11 Å². The predicted molar refractivity (Wildman–Crippen MR) is 67.7 cm³/mol. The largest absolute Gasteiger partial charge is 0.481 e. The highest BCUT2D eigenvalue weighted by molar-refractivity contribution is 9.10. The highest BCUT2D eigenvalue weighted by Gasteiger charge is 2.14. The second-order valence-corrected chi connectivity index (χ2v) is 6.04. The molecule has 2 atom stereocenters. The quantitative estimate of drug-likeness (QED) is 0.909. The molecule has 3 nitrogen and oxygen atoms in total. The smallest absolute Gasteiger partial charge is 0.307 e. The van der Waals surface area contributed by atoms with Crippen molar-refractivity contribution in [2.75, 3.05) is 5.75 Å². The average molecular weight is 305 g/mol. The van der Waals surface area contributed by atoms with Gasteiger partial charge < -0.3 is 5.11 Å². The lowest BCUT2D eigenvalue weighted by molar-refractivity contribution is -0.140. The van der Waals surface area contributed by atoms with Gasteiger partial charge in [0.2, 0.25) is 0 Å². The molecule has 5 heteroatoms. The Morgan fingerprint density at radius 3 is 2.81 bits per heavy atom. The second-order valence-electron chi connectivity index (χ2n) is 3.62. The zero-order valence-electron chi connectivity index (χ0n) is 8.85. The van der Waals surface area contributed by atoms with Crippen LogP contribution in [0.2, 0.25) is 0 Å². The van der Waals surface area contributed by atoms with Crippen LogP contribution >= 0.6 is 15.9 Å². The Morgan fingerprint density at radius 1 is 1.56 bits per heavy atom. The van der Waals surface area contributed by atoms with Crippen LogP contribution in [0, 0.1) is 5.92 Å². The van der Waals surface area contributed by atoms with Crippen LogP contribution in [0.15, 0.2) is 28.7 Å². The lowest BCUT2D eigenvalue weighted by Crippen LogP contribution is -2.18. The third-order valence-corrected chi connectivity index (χ3v) is 4.09. The zero-order chi connectivity index (χ0) is 12.1. The minimum absolute atomic E-state index is 0.196. The number of benzene rings is 1. The van der Waals surface area contributed by atoms with Gasteiger partial charge in [0, 0.05) is 26.8 Å². The van der Waals surface area contributed by atoms with Crippen molar-refractivity contribution in [3.8, 4) is 0 Å². The van der Waals surface area contributed by atoms with Crippen LogP contribution in [-0.4, -0.2) is 21.0 Å². The highest BCUT2D eigenvalue weighted by atomic mass is 79.9. The van der Waals surface area contributed by atoms with Gasteiger partial charge in [-0.25, -0.2) is 0 Å². The van der Waals surface area contributed by atoms with E-state index in [9.17, 15) is 9.00 Å². The number of rotatable bonds is 5. The van der Waals surface area contributed by atoms with Gasteiger partial charge in [0.1, 0.15) is 0 Å². The van der Waals surface area contributed by atoms with Crippen molar-refractivity contribution in [3.63, 3.8) is 0 Å². The lowest BCUT2D eigenvalue weighted by atomic mass is 10.2. The van der Waals surface area contributed by atoms with Gasteiger partial charge in [0.25, 0.3) is 0 Å². The Hall–Kier alpha value is -0.680. The van der Waals surface area contributed by atoms with Gasteiger partial charge in [0.15, 0.2) is 0 Å². The fourth-order valence-electron chi connectivity index (χ4n) is 1.22. The van der Waals surface area contributed by atoms with Crippen LogP contribution in [0.5, 0.6) is 0 Å². The Kier molecular flexibility index (Phi) is 5.15. The van der Waals surface area contributed by atoms with Gasteiger partial charge in [-0.2, -0.15) is 0 Å². The summed E-state index contributed by atoms with van der Waals surface area (Å²) in [5.41, 5.74) is 0.949. The van der Waals surface area contributed by atoms with Crippen LogP contribution in [0.3, 0.4) is 0 Å². The Labute approximate surface area is 105 Å². The van der Waals surface area contributed by atoms with Gasteiger partial charge >= 0.3 is 5.97 Å². The van der Waals surface area contributed by atoms with Crippen molar-refractivity contribution in [1.29, 1.82) is 0 Å². The maximum Gasteiger partial charge on any atom is 0.307 e. The molecule has 0 aliphatic carbocycles. The number of carbonyl (C=O) groups is 1. The standard InChI is InChI=1S/C11H13BrO3S/c1-8(11(13)14)6-16(15)7-9-3-2-4-10(12)5-9/h2-5,8H,6-7H2,1H3,(H,13,14). The number of hydrogen-bond donors (Lipinski definition) is 1. The first-order chi connectivity index (χ1) is 7.49. The summed E-state index contributed by atoms with van der Waals surface area (Å²) >= 11 is 3.33. The van der Waals surface area contributed by atoms with Crippen molar-refractivity contribution in [1.82, 2.24) is 0 Å². The first-order valence-electron chi connectivity index (χ1n) is 4.81. The van der Waals surface area contributed by atoms with Crippen LogP contribution in [0.25, 0.3) is 0 Å². The lowest BCUT2D eigenvalue weighted by Gasteiger charge is -2.06. The average Bonchev–Trinajstić information content (AvgIpc) is 2.16. The van der Waals surface area contributed by atoms with Crippen LogP contribution in [0.1, 0.15) is 12.5 Å². The minimum Gasteiger partial charge on any atom is -0.481 e. The van der Waals surface area contributed by atoms with E-state index < -0.39 is 22.7 Å². The van der Waals surface area contributed by atoms with E-state index in [0.29, 0.717) is 5.75 Å². The second kappa shape index (κ2) is 6.15. The van der Waals surface area contributed by atoms with E-state index in [0.717, 1.165) is 10.0 Å². The minimum atomic E-state index is -1.13. The molecule has 88 valence electrons. The van der Waals surface area contributed by atoms with Crippen LogP contribution < -0.4 is 0 Å². The maximum atomic E-state index is 11.7. The number of aliphatic carboxylic acids is 1. The summed E-state index contributed by atoms with van der Waals surface area (Å²) in [5, 5.41) is 8.70. The van der Waals surface area contributed by atoms with E-state index in [1.54, 1.807) is 6.92 Å².